The maximum atomic E-state index is 11.9. The van der Waals surface area contributed by atoms with Crippen LogP contribution in [0.1, 0.15) is 26.7 Å². The van der Waals surface area contributed by atoms with Crippen molar-refractivity contribution in [2.45, 2.75) is 26.7 Å². The first-order valence-corrected chi connectivity index (χ1v) is 6.12. The Bertz CT molecular complexity index is 291. The van der Waals surface area contributed by atoms with Crippen molar-refractivity contribution in [2.24, 2.45) is 11.8 Å². The molecular weight excluding hydrogens is 220 g/mol. The van der Waals surface area contributed by atoms with Crippen molar-refractivity contribution in [1.82, 2.24) is 9.80 Å². The number of hydrogen-bond acceptors (Lipinski definition) is 2. The lowest BCUT2D eigenvalue weighted by Gasteiger charge is -2.38. The first-order valence-electron chi connectivity index (χ1n) is 6.12. The summed E-state index contributed by atoms with van der Waals surface area (Å²) in [5, 5.41) is 8.80. The molecule has 0 aromatic carbocycles. The van der Waals surface area contributed by atoms with Gasteiger partial charge in [-0.3, -0.25) is 4.79 Å². The number of urea groups is 1. The summed E-state index contributed by atoms with van der Waals surface area (Å²) in [6.45, 7) is 6.07. The first kappa shape index (κ1) is 13.8. The molecule has 5 nitrogen and oxygen atoms in total. The fraction of sp³-hybridized carbons (Fsp3) is 0.833. The van der Waals surface area contributed by atoms with Crippen LogP contribution in [0.2, 0.25) is 0 Å². The smallest absolute Gasteiger partial charge is 0.319 e. The molecule has 17 heavy (non-hydrogen) atoms. The highest BCUT2D eigenvalue weighted by Crippen LogP contribution is 2.17. The number of nitrogens with zero attached hydrogens (tertiary/aromatic N) is 2. The van der Waals surface area contributed by atoms with Crippen molar-refractivity contribution in [2.75, 3.05) is 26.7 Å². The number of rotatable bonds is 5. The number of carbonyl (C=O) groups is 2. The molecule has 0 radical (unpaired) electrons. The van der Waals surface area contributed by atoms with Gasteiger partial charge in [-0.15, -0.1) is 0 Å². The number of aliphatic carboxylic acids is 1. The van der Waals surface area contributed by atoms with Gasteiger partial charge < -0.3 is 14.9 Å². The Hall–Kier alpha value is -1.26. The molecule has 1 saturated heterocycles. The minimum Gasteiger partial charge on any atom is -0.481 e. The van der Waals surface area contributed by atoms with E-state index < -0.39 is 5.97 Å². The molecule has 0 bridgehead atoms. The summed E-state index contributed by atoms with van der Waals surface area (Å²) in [6.07, 6.45) is 1.09. The van der Waals surface area contributed by atoms with Crippen molar-refractivity contribution < 1.29 is 14.7 Å². The van der Waals surface area contributed by atoms with Gasteiger partial charge in [-0.25, -0.2) is 4.79 Å². The summed E-state index contributed by atoms with van der Waals surface area (Å²) in [5.74, 6) is -0.197. The largest absolute Gasteiger partial charge is 0.481 e. The Morgan fingerprint density at radius 3 is 2.65 bits per heavy atom. The zero-order valence-electron chi connectivity index (χ0n) is 10.8. The van der Waals surface area contributed by atoms with Crippen molar-refractivity contribution >= 4 is 12.0 Å². The maximum absolute atomic E-state index is 11.9. The van der Waals surface area contributed by atoms with E-state index in [2.05, 4.69) is 13.8 Å². The average Bonchev–Trinajstić information content (AvgIpc) is 2.20. The molecule has 1 aliphatic heterocycles. The van der Waals surface area contributed by atoms with E-state index in [1.54, 1.807) is 16.8 Å². The second kappa shape index (κ2) is 5.89. The predicted molar refractivity (Wildman–Crippen MR) is 64.8 cm³/mol. The molecule has 0 aromatic rings. The second-order valence-corrected chi connectivity index (χ2v) is 5.26. The minimum atomic E-state index is -0.790. The molecule has 0 aliphatic carbocycles. The standard InChI is InChI=1S/C12H22N2O3/c1-9(2)4-5-14-8-10(6-11(15)16)7-13(3)12(14)17/h9-10H,4-8H2,1-3H3,(H,15,16). The van der Waals surface area contributed by atoms with E-state index in [0.29, 0.717) is 19.0 Å². The van der Waals surface area contributed by atoms with Crippen LogP contribution in [0.25, 0.3) is 0 Å². The maximum Gasteiger partial charge on any atom is 0.319 e. The number of amides is 2. The minimum absolute atomic E-state index is 0.0206. The van der Waals surface area contributed by atoms with Gasteiger partial charge in [-0.05, 0) is 12.3 Å². The third-order valence-electron chi connectivity index (χ3n) is 3.05. The molecule has 2 amide bonds. The summed E-state index contributed by atoms with van der Waals surface area (Å²) in [7, 11) is 1.73. The summed E-state index contributed by atoms with van der Waals surface area (Å²) in [5.41, 5.74) is 0. The van der Waals surface area contributed by atoms with Crippen molar-refractivity contribution in [3.05, 3.63) is 0 Å². The normalized spacial score (nSPS) is 21.2. The zero-order chi connectivity index (χ0) is 13.0. The molecule has 1 atom stereocenters. The van der Waals surface area contributed by atoms with E-state index in [0.717, 1.165) is 13.0 Å². The van der Waals surface area contributed by atoms with Gasteiger partial charge >= 0.3 is 12.0 Å². The Morgan fingerprint density at radius 1 is 1.47 bits per heavy atom. The number of hydrogen-bond donors (Lipinski definition) is 1. The molecule has 1 unspecified atom stereocenters. The Labute approximate surface area is 102 Å². The van der Waals surface area contributed by atoms with Gasteiger partial charge in [0.05, 0.1) is 6.42 Å². The summed E-state index contributed by atoms with van der Waals surface area (Å²) in [4.78, 5) is 26.0. The van der Waals surface area contributed by atoms with Crippen LogP contribution in [-0.4, -0.2) is 53.6 Å². The summed E-state index contributed by atoms with van der Waals surface area (Å²) in [6, 6.07) is 0.0206. The van der Waals surface area contributed by atoms with Gasteiger partial charge in [0.2, 0.25) is 0 Å². The Balaban J connectivity index is 2.55. The third kappa shape index (κ3) is 4.24. The number of carboxylic acids is 1. The molecule has 0 spiro atoms. The second-order valence-electron chi connectivity index (χ2n) is 5.26. The van der Waals surface area contributed by atoms with E-state index in [9.17, 15) is 9.59 Å². The van der Waals surface area contributed by atoms with E-state index in [-0.39, 0.29) is 18.4 Å². The average molecular weight is 242 g/mol. The molecule has 1 rings (SSSR count). The van der Waals surface area contributed by atoms with Crippen LogP contribution in [0.5, 0.6) is 0 Å². The van der Waals surface area contributed by atoms with E-state index in [1.165, 1.54) is 0 Å². The molecule has 0 aromatic heterocycles. The van der Waals surface area contributed by atoms with E-state index in [1.807, 2.05) is 0 Å². The number of carboxylic acid groups (broad SMARTS) is 1. The van der Waals surface area contributed by atoms with Crippen molar-refractivity contribution in [1.29, 1.82) is 0 Å². The molecular formula is C12H22N2O3. The van der Waals surface area contributed by atoms with E-state index in [4.69, 9.17) is 5.11 Å². The molecule has 1 N–H and O–H groups in total. The van der Waals surface area contributed by atoms with Gasteiger partial charge in [0, 0.05) is 32.6 Å². The molecule has 0 saturated carbocycles. The fourth-order valence-electron chi connectivity index (χ4n) is 2.13. The lowest BCUT2D eigenvalue weighted by molar-refractivity contribution is -0.138. The van der Waals surface area contributed by atoms with Gasteiger partial charge in [-0.2, -0.15) is 0 Å². The molecule has 1 fully saturated rings. The van der Waals surface area contributed by atoms with E-state index >= 15 is 0 Å². The highest BCUT2D eigenvalue weighted by molar-refractivity contribution is 5.75. The highest BCUT2D eigenvalue weighted by atomic mass is 16.4. The molecule has 1 aliphatic rings. The monoisotopic (exact) mass is 242 g/mol. The lowest BCUT2D eigenvalue weighted by Crippen LogP contribution is -2.52. The molecule has 98 valence electrons. The van der Waals surface area contributed by atoms with Crippen LogP contribution in [0, 0.1) is 11.8 Å². The quantitative estimate of drug-likeness (QED) is 0.794. The first-order chi connectivity index (χ1) is 7.90. The summed E-state index contributed by atoms with van der Waals surface area (Å²) < 4.78 is 0. The van der Waals surface area contributed by atoms with Crippen LogP contribution in [0.3, 0.4) is 0 Å². The third-order valence-corrected chi connectivity index (χ3v) is 3.05. The van der Waals surface area contributed by atoms with Crippen molar-refractivity contribution in [3.8, 4) is 0 Å². The predicted octanol–water partition coefficient (Wildman–Crippen LogP) is 1.49. The molecule has 5 heteroatoms. The van der Waals surface area contributed by atoms with Gasteiger partial charge in [0.15, 0.2) is 0 Å². The van der Waals surface area contributed by atoms with Crippen LogP contribution >= 0.6 is 0 Å². The van der Waals surface area contributed by atoms with Gasteiger partial charge in [0.1, 0.15) is 0 Å². The zero-order valence-corrected chi connectivity index (χ0v) is 10.8. The van der Waals surface area contributed by atoms with Crippen LogP contribution < -0.4 is 0 Å². The van der Waals surface area contributed by atoms with Gasteiger partial charge in [0.25, 0.3) is 0 Å². The van der Waals surface area contributed by atoms with Gasteiger partial charge in [-0.1, -0.05) is 13.8 Å². The fourth-order valence-corrected chi connectivity index (χ4v) is 2.13. The van der Waals surface area contributed by atoms with Crippen LogP contribution in [-0.2, 0) is 4.79 Å². The number of carbonyl (C=O) groups excluding carboxylic acids is 1. The highest BCUT2D eigenvalue weighted by Gasteiger charge is 2.30. The van der Waals surface area contributed by atoms with Crippen LogP contribution in [0.4, 0.5) is 4.79 Å². The van der Waals surface area contributed by atoms with Crippen molar-refractivity contribution in [3.63, 3.8) is 0 Å². The Morgan fingerprint density at radius 2 is 2.12 bits per heavy atom. The SMILES string of the molecule is CC(C)CCN1CC(CC(=O)O)CN(C)C1=O. The Kier molecular flexibility index (Phi) is 4.78. The molecule has 1 heterocycles. The topological polar surface area (TPSA) is 60.9 Å². The van der Waals surface area contributed by atoms with Crippen LogP contribution in [0.15, 0.2) is 0 Å². The lowest BCUT2D eigenvalue weighted by atomic mass is 10.0. The summed E-state index contributed by atoms with van der Waals surface area (Å²) >= 11 is 0.